The second kappa shape index (κ2) is 4.66. The lowest BCUT2D eigenvalue weighted by molar-refractivity contribution is -0.137. The van der Waals surface area contributed by atoms with Crippen molar-refractivity contribution >= 4 is 0 Å². The molecule has 0 amide bonds. The van der Waals surface area contributed by atoms with Gasteiger partial charge >= 0.3 is 6.18 Å². The number of hydrogen-bond donors (Lipinski definition) is 2. The van der Waals surface area contributed by atoms with Crippen LogP contribution in [-0.2, 0) is 12.6 Å². The highest BCUT2D eigenvalue weighted by Crippen LogP contribution is 2.29. The summed E-state index contributed by atoms with van der Waals surface area (Å²) in [6.07, 6.45) is -4.37. The lowest BCUT2D eigenvalue weighted by atomic mass is 9.91. The molecule has 1 aromatic carbocycles. The molecule has 1 saturated heterocycles. The first-order valence-electron chi connectivity index (χ1n) is 5.52. The highest BCUT2D eigenvalue weighted by atomic mass is 19.4. The fourth-order valence-corrected chi connectivity index (χ4v) is 1.82. The number of hydrogen-bond acceptors (Lipinski definition) is 2. The van der Waals surface area contributed by atoms with Crippen LogP contribution in [0.25, 0.3) is 0 Å². The van der Waals surface area contributed by atoms with Crippen molar-refractivity contribution in [3.05, 3.63) is 35.4 Å². The van der Waals surface area contributed by atoms with Gasteiger partial charge in [0.15, 0.2) is 0 Å². The standard InChI is InChI=1S/C12H14F3NO/c13-12(14,15)10-3-1-8(2-4-10)5-11(17)9-6-16-7-9/h1-4,9,11,16-17H,5-7H2. The number of halogens is 3. The van der Waals surface area contributed by atoms with Crippen LogP contribution in [0.4, 0.5) is 13.2 Å². The zero-order valence-corrected chi connectivity index (χ0v) is 9.17. The van der Waals surface area contributed by atoms with Crippen molar-refractivity contribution in [3.63, 3.8) is 0 Å². The van der Waals surface area contributed by atoms with Gasteiger partial charge in [-0.05, 0) is 24.1 Å². The topological polar surface area (TPSA) is 32.3 Å². The zero-order valence-electron chi connectivity index (χ0n) is 9.17. The molecule has 17 heavy (non-hydrogen) atoms. The van der Waals surface area contributed by atoms with Crippen molar-refractivity contribution in [1.29, 1.82) is 0 Å². The van der Waals surface area contributed by atoms with Crippen LogP contribution >= 0.6 is 0 Å². The van der Waals surface area contributed by atoms with E-state index in [1.165, 1.54) is 12.1 Å². The number of aliphatic hydroxyl groups is 1. The zero-order chi connectivity index (χ0) is 12.5. The van der Waals surface area contributed by atoms with E-state index < -0.39 is 17.8 Å². The second-order valence-electron chi connectivity index (χ2n) is 4.38. The Labute approximate surface area is 97.5 Å². The maximum Gasteiger partial charge on any atom is 0.416 e. The molecule has 1 aliphatic rings. The summed E-state index contributed by atoms with van der Waals surface area (Å²) in [5, 5.41) is 12.8. The maximum absolute atomic E-state index is 12.3. The normalized spacial score (nSPS) is 18.8. The van der Waals surface area contributed by atoms with Crippen LogP contribution in [0.5, 0.6) is 0 Å². The largest absolute Gasteiger partial charge is 0.416 e. The molecule has 2 rings (SSSR count). The van der Waals surface area contributed by atoms with Crippen LogP contribution in [-0.4, -0.2) is 24.3 Å². The highest BCUT2D eigenvalue weighted by Gasteiger charge is 2.30. The summed E-state index contributed by atoms with van der Waals surface area (Å²) in [7, 11) is 0. The molecule has 1 fully saturated rings. The van der Waals surface area contributed by atoms with Gasteiger partial charge < -0.3 is 10.4 Å². The molecular weight excluding hydrogens is 231 g/mol. The molecule has 0 aromatic heterocycles. The molecule has 0 bridgehead atoms. The van der Waals surface area contributed by atoms with Gasteiger partial charge in [-0.1, -0.05) is 12.1 Å². The Hall–Kier alpha value is -1.07. The number of nitrogens with one attached hydrogen (secondary N) is 1. The highest BCUT2D eigenvalue weighted by molar-refractivity contribution is 5.25. The summed E-state index contributed by atoms with van der Waals surface area (Å²) in [5.74, 6) is 0.220. The van der Waals surface area contributed by atoms with Gasteiger partial charge in [-0.3, -0.25) is 0 Å². The van der Waals surface area contributed by atoms with E-state index >= 15 is 0 Å². The third kappa shape index (κ3) is 2.98. The summed E-state index contributed by atoms with van der Waals surface area (Å²) in [5.41, 5.74) is 0.0819. The van der Waals surface area contributed by atoms with Crippen LogP contribution in [0.1, 0.15) is 11.1 Å². The monoisotopic (exact) mass is 245 g/mol. The Kier molecular flexibility index (Phi) is 3.40. The van der Waals surface area contributed by atoms with E-state index in [0.717, 1.165) is 30.8 Å². The molecule has 2 nitrogen and oxygen atoms in total. The molecule has 1 unspecified atom stereocenters. The van der Waals surface area contributed by atoms with E-state index in [4.69, 9.17) is 0 Å². The Balaban J connectivity index is 1.98. The fourth-order valence-electron chi connectivity index (χ4n) is 1.82. The van der Waals surface area contributed by atoms with Crippen LogP contribution < -0.4 is 5.32 Å². The van der Waals surface area contributed by atoms with E-state index in [9.17, 15) is 18.3 Å². The number of alkyl halides is 3. The van der Waals surface area contributed by atoms with Crippen molar-refractivity contribution < 1.29 is 18.3 Å². The number of aliphatic hydroxyl groups excluding tert-OH is 1. The number of rotatable bonds is 3. The van der Waals surface area contributed by atoms with E-state index in [1.807, 2.05) is 0 Å². The van der Waals surface area contributed by atoms with Crippen LogP contribution in [0.3, 0.4) is 0 Å². The van der Waals surface area contributed by atoms with Gasteiger partial charge in [-0.25, -0.2) is 0 Å². The quantitative estimate of drug-likeness (QED) is 0.851. The summed E-state index contributed by atoms with van der Waals surface area (Å²) in [6.45, 7) is 1.56. The van der Waals surface area contributed by atoms with Gasteiger partial charge in [0.05, 0.1) is 11.7 Å². The minimum Gasteiger partial charge on any atom is -0.392 e. The van der Waals surface area contributed by atoms with E-state index in [-0.39, 0.29) is 5.92 Å². The average Bonchev–Trinajstić information content (AvgIpc) is 2.13. The van der Waals surface area contributed by atoms with Crippen molar-refractivity contribution in [3.8, 4) is 0 Å². The van der Waals surface area contributed by atoms with Gasteiger partial charge in [0, 0.05) is 19.0 Å². The molecule has 1 atom stereocenters. The molecule has 0 saturated carbocycles. The molecule has 1 aliphatic heterocycles. The van der Waals surface area contributed by atoms with Crippen molar-refractivity contribution in [2.75, 3.05) is 13.1 Å². The Morgan fingerprint density at radius 3 is 2.24 bits per heavy atom. The number of benzene rings is 1. The van der Waals surface area contributed by atoms with E-state index in [1.54, 1.807) is 0 Å². The predicted molar refractivity (Wildman–Crippen MR) is 57.5 cm³/mol. The SMILES string of the molecule is OC(Cc1ccc(C(F)(F)F)cc1)C1CNC1. The van der Waals surface area contributed by atoms with Crippen molar-refractivity contribution in [1.82, 2.24) is 5.32 Å². The molecule has 1 heterocycles. The van der Waals surface area contributed by atoms with E-state index in [0.29, 0.717) is 6.42 Å². The van der Waals surface area contributed by atoms with Gasteiger partial charge in [0.2, 0.25) is 0 Å². The van der Waals surface area contributed by atoms with Gasteiger partial charge in [0.1, 0.15) is 0 Å². The van der Waals surface area contributed by atoms with Gasteiger partial charge in [-0.15, -0.1) is 0 Å². The molecule has 2 N–H and O–H groups in total. The first-order valence-corrected chi connectivity index (χ1v) is 5.52. The van der Waals surface area contributed by atoms with Crippen LogP contribution in [0, 0.1) is 5.92 Å². The summed E-state index contributed by atoms with van der Waals surface area (Å²) in [6, 6.07) is 4.97. The smallest absolute Gasteiger partial charge is 0.392 e. The predicted octanol–water partition coefficient (Wildman–Crippen LogP) is 1.83. The molecule has 0 spiro atoms. The van der Waals surface area contributed by atoms with Crippen molar-refractivity contribution in [2.24, 2.45) is 5.92 Å². The Morgan fingerprint density at radius 1 is 1.24 bits per heavy atom. The van der Waals surface area contributed by atoms with Crippen LogP contribution in [0.2, 0.25) is 0 Å². The third-order valence-corrected chi connectivity index (χ3v) is 3.08. The minimum atomic E-state index is -4.30. The second-order valence-corrected chi connectivity index (χ2v) is 4.38. The van der Waals surface area contributed by atoms with Crippen LogP contribution in [0.15, 0.2) is 24.3 Å². The first kappa shape index (κ1) is 12.4. The summed E-state index contributed by atoms with van der Waals surface area (Å²) >= 11 is 0. The molecule has 0 aliphatic carbocycles. The Morgan fingerprint density at radius 2 is 1.82 bits per heavy atom. The maximum atomic E-state index is 12.3. The fraction of sp³-hybridized carbons (Fsp3) is 0.500. The lowest BCUT2D eigenvalue weighted by Crippen LogP contribution is -2.49. The molecular formula is C12H14F3NO. The van der Waals surface area contributed by atoms with E-state index in [2.05, 4.69) is 5.32 Å². The lowest BCUT2D eigenvalue weighted by Gasteiger charge is -2.31. The molecule has 94 valence electrons. The first-order chi connectivity index (χ1) is 7.97. The molecule has 1 aromatic rings. The Bertz CT molecular complexity index is 370. The molecule has 0 radical (unpaired) electrons. The van der Waals surface area contributed by atoms with Gasteiger partial charge in [0.25, 0.3) is 0 Å². The molecule has 5 heteroatoms. The third-order valence-electron chi connectivity index (χ3n) is 3.08. The summed E-state index contributed by atoms with van der Waals surface area (Å²) < 4.78 is 36.9. The van der Waals surface area contributed by atoms with Crippen molar-refractivity contribution in [2.45, 2.75) is 18.7 Å². The minimum absolute atomic E-state index is 0.220. The van der Waals surface area contributed by atoms with Gasteiger partial charge in [-0.2, -0.15) is 13.2 Å². The average molecular weight is 245 g/mol. The summed E-state index contributed by atoms with van der Waals surface area (Å²) in [4.78, 5) is 0.